The van der Waals surface area contributed by atoms with Crippen molar-refractivity contribution < 1.29 is 74.6 Å². The van der Waals surface area contributed by atoms with E-state index in [1.807, 2.05) is 0 Å². The second-order valence-corrected chi connectivity index (χ2v) is 1.81. The van der Waals surface area contributed by atoms with Crippen molar-refractivity contribution in [2.45, 2.75) is 12.8 Å². The van der Waals surface area contributed by atoms with Crippen LogP contribution in [0.1, 0.15) is 12.8 Å². The first-order chi connectivity index (χ1) is 4.65. The predicted octanol–water partition coefficient (Wildman–Crippen LogP) is -3.48. The van der Waals surface area contributed by atoms with E-state index in [2.05, 4.69) is 0 Å². The van der Waals surface area contributed by atoms with Gasteiger partial charge in [0.25, 0.3) is 0 Å². The SMILES string of the molecule is O=[S-](=O)O.OCCCCO.[K+]. The quantitative estimate of drug-likeness (QED) is 0.148. The molecule has 0 aliphatic heterocycles. The van der Waals surface area contributed by atoms with Crippen LogP contribution in [0.2, 0.25) is 0 Å². The first-order valence-electron chi connectivity index (χ1n) is 2.65. The molecule has 0 spiro atoms. The molecular weight excluding hydrogens is 199 g/mol. The van der Waals surface area contributed by atoms with Gasteiger partial charge in [0.2, 0.25) is 0 Å². The maximum absolute atomic E-state index is 8.56. The van der Waals surface area contributed by atoms with E-state index in [1.54, 1.807) is 0 Å². The summed E-state index contributed by atoms with van der Waals surface area (Å²) in [5.41, 5.74) is 0. The Hall–Kier alpha value is 1.47. The molecule has 0 aromatic carbocycles. The van der Waals surface area contributed by atoms with Gasteiger partial charge in [-0.25, -0.2) is 0 Å². The van der Waals surface area contributed by atoms with E-state index in [1.165, 1.54) is 0 Å². The summed E-state index contributed by atoms with van der Waals surface area (Å²) < 4.78 is 24.1. The van der Waals surface area contributed by atoms with Gasteiger partial charge in [0.15, 0.2) is 0 Å². The predicted molar refractivity (Wildman–Crippen MR) is 34.8 cm³/mol. The molecule has 0 rings (SSSR count). The van der Waals surface area contributed by atoms with Crippen molar-refractivity contribution >= 4 is 11.0 Å². The van der Waals surface area contributed by atoms with Crippen LogP contribution in [0.5, 0.6) is 0 Å². The van der Waals surface area contributed by atoms with Crippen LogP contribution in [0.4, 0.5) is 0 Å². The standard InChI is InChI=1S/C4H10O2.K.HO3S/c5-3-1-2-4-6;;1-4(2)3/h5-6H,1-4H2;;(H,1,2,3)/q;+1;-1. The zero-order chi connectivity index (χ0) is 8.41. The normalized spacial score (nSPS) is 8.00. The first kappa shape index (κ1) is 18.3. The minimum absolute atomic E-state index is 0. The van der Waals surface area contributed by atoms with Gasteiger partial charge in [-0.3, -0.25) is 0 Å². The molecule has 64 valence electrons. The topological polar surface area (TPSA) is 94.8 Å². The molecule has 0 aromatic heterocycles. The van der Waals surface area contributed by atoms with Crippen molar-refractivity contribution in [3.63, 3.8) is 0 Å². The Bertz CT molecular complexity index is 103. The second kappa shape index (κ2) is 17.5. The van der Waals surface area contributed by atoms with Crippen LogP contribution in [0.25, 0.3) is 0 Å². The van der Waals surface area contributed by atoms with Gasteiger partial charge >= 0.3 is 51.4 Å². The van der Waals surface area contributed by atoms with Gasteiger partial charge in [0.1, 0.15) is 0 Å². The summed E-state index contributed by atoms with van der Waals surface area (Å²) >= 11 is 0. The molecule has 0 aromatic rings. The van der Waals surface area contributed by atoms with Crippen molar-refractivity contribution in [1.82, 2.24) is 0 Å². The molecule has 0 saturated heterocycles. The molecule has 0 atom stereocenters. The van der Waals surface area contributed by atoms with Crippen LogP contribution in [-0.2, 0) is 19.4 Å². The van der Waals surface area contributed by atoms with E-state index in [4.69, 9.17) is 23.2 Å². The fourth-order valence-corrected chi connectivity index (χ4v) is 0.224. The summed E-state index contributed by atoms with van der Waals surface area (Å²) in [5, 5.41) is 16.2. The van der Waals surface area contributed by atoms with Gasteiger partial charge in [-0.15, -0.1) is 0 Å². The van der Waals surface area contributed by atoms with Crippen molar-refractivity contribution in [3.8, 4) is 0 Å². The molecule has 0 bridgehead atoms. The van der Waals surface area contributed by atoms with Crippen LogP contribution in [0.3, 0.4) is 0 Å². The Labute approximate surface area is 110 Å². The third-order valence-corrected chi connectivity index (χ3v) is 0.566. The zero-order valence-corrected chi connectivity index (χ0v) is 10.3. The average molecular weight is 210 g/mol. The van der Waals surface area contributed by atoms with Crippen molar-refractivity contribution in [2.75, 3.05) is 13.2 Å². The molecule has 0 amide bonds. The Morgan fingerprint density at radius 1 is 1.00 bits per heavy atom. The zero-order valence-electron chi connectivity index (χ0n) is 6.39. The van der Waals surface area contributed by atoms with Gasteiger partial charge in [-0.1, -0.05) is 0 Å². The molecule has 0 radical (unpaired) electrons. The van der Waals surface area contributed by atoms with Crippen molar-refractivity contribution in [2.24, 2.45) is 0 Å². The Morgan fingerprint density at radius 3 is 1.27 bits per heavy atom. The smallest absolute Gasteiger partial charge is 0.439 e. The van der Waals surface area contributed by atoms with E-state index >= 15 is 0 Å². The number of unbranched alkanes of at least 4 members (excludes halogenated alkanes) is 1. The first-order valence-corrected chi connectivity index (χ1v) is 3.68. The average Bonchev–Trinajstić information content (AvgIpc) is 1.82. The number of hydrogen-bond acceptors (Lipinski definition) is 5. The van der Waals surface area contributed by atoms with E-state index in [0.717, 1.165) is 12.8 Å². The van der Waals surface area contributed by atoms with Crippen LogP contribution in [-0.4, -0.2) is 28.0 Å². The third kappa shape index (κ3) is 51.5. The monoisotopic (exact) mass is 210 g/mol. The molecule has 3 N–H and O–H groups in total. The number of rotatable bonds is 3. The summed E-state index contributed by atoms with van der Waals surface area (Å²) in [6.45, 7) is 0.390. The largest absolute Gasteiger partial charge is 1.00 e. The minimum atomic E-state index is -2.86. The summed E-state index contributed by atoms with van der Waals surface area (Å²) in [7, 11) is -2.86. The minimum Gasteiger partial charge on any atom is -0.439 e. The van der Waals surface area contributed by atoms with Crippen LogP contribution in [0.15, 0.2) is 0 Å². The Morgan fingerprint density at radius 2 is 1.18 bits per heavy atom. The molecule has 11 heavy (non-hydrogen) atoms. The molecule has 5 nitrogen and oxygen atoms in total. The summed E-state index contributed by atoms with van der Waals surface area (Å²) in [5.74, 6) is 0. The fraction of sp³-hybridized carbons (Fsp3) is 1.00. The molecule has 7 heteroatoms. The second-order valence-electron chi connectivity index (χ2n) is 1.37. The summed E-state index contributed by atoms with van der Waals surface area (Å²) in [4.78, 5) is 0. The summed E-state index contributed by atoms with van der Waals surface area (Å²) in [6, 6.07) is 0. The summed E-state index contributed by atoms with van der Waals surface area (Å²) in [6.07, 6.45) is 1.44. The molecule has 0 aliphatic carbocycles. The van der Waals surface area contributed by atoms with Crippen LogP contribution >= 0.6 is 0 Å². The molecule has 0 heterocycles. The van der Waals surface area contributed by atoms with E-state index < -0.39 is 11.0 Å². The number of hydrogen-bond donors (Lipinski definition) is 3. The molecule has 0 saturated carbocycles. The number of aliphatic hydroxyl groups is 2. The molecule has 0 unspecified atom stereocenters. The van der Waals surface area contributed by atoms with Gasteiger partial charge in [-0.2, -0.15) is 0 Å². The molecule has 0 fully saturated rings. The Kier molecular flexibility index (Phi) is 29.1. The third-order valence-electron chi connectivity index (χ3n) is 0.566. The van der Waals surface area contributed by atoms with Gasteiger partial charge < -0.3 is 23.2 Å². The van der Waals surface area contributed by atoms with Crippen LogP contribution in [0, 0.1) is 0 Å². The number of aliphatic hydroxyl groups excluding tert-OH is 2. The molecule has 0 aliphatic rings. The van der Waals surface area contributed by atoms with Gasteiger partial charge in [0, 0.05) is 24.2 Å². The Balaban J connectivity index is -0.000000114. The maximum atomic E-state index is 8.56. The van der Waals surface area contributed by atoms with Gasteiger partial charge in [-0.05, 0) is 12.8 Å². The van der Waals surface area contributed by atoms with Crippen molar-refractivity contribution in [3.05, 3.63) is 0 Å². The van der Waals surface area contributed by atoms with E-state index in [9.17, 15) is 0 Å². The van der Waals surface area contributed by atoms with Gasteiger partial charge in [0.05, 0.1) is 0 Å². The fourth-order valence-electron chi connectivity index (χ4n) is 0.224. The van der Waals surface area contributed by atoms with E-state index in [-0.39, 0.29) is 64.6 Å². The molecular formula is C4H11KO5S. The van der Waals surface area contributed by atoms with E-state index in [0.29, 0.717) is 0 Å². The van der Waals surface area contributed by atoms with Crippen molar-refractivity contribution in [1.29, 1.82) is 0 Å². The maximum Gasteiger partial charge on any atom is 1.00 e. The van der Waals surface area contributed by atoms with Crippen LogP contribution < -0.4 is 51.4 Å².